The third kappa shape index (κ3) is 2.59. The number of aryl methyl sites for hydroxylation is 1. The van der Waals surface area contributed by atoms with Gasteiger partial charge in [-0.1, -0.05) is 18.2 Å². The van der Waals surface area contributed by atoms with E-state index >= 15 is 0 Å². The van der Waals surface area contributed by atoms with Gasteiger partial charge in [0.2, 0.25) is 0 Å². The van der Waals surface area contributed by atoms with Crippen molar-refractivity contribution >= 4 is 11.6 Å². The van der Waals surface area contributed by atoms with Crippen molar-refractivity contribution in [2.75, 3.05) is 25.0 Å². The van der Waals surface area contributed by atoms with Crippen molar-refractivity contribution in [1.29, 1.82) is 0 Å². The van der Waals surface area contributed by atoms with Gasteiger partial charge in [0, 0.05) is 18.8 Å². The number of ether oxygens (including phenoxy) is 1. The molecule has 1 atom stereocenters. The molecule has 0 bridgehead atoms. The summed E-state index contributed by atoms with van der Waals surface area (Å²) in [7, 11) is 0. The van der Waals surface area contributed by atoms with Crippen LogP contribution in [-0.2, 0) is 9.53 Å². The van der Waals surface area contributed by atoms with Crippen LogP contribution in [0.15, 0.2) is 24.3 Å². The van der Waals surface area contributed by atoms with Crippen LogP contribution in [0.2, 0.25) is 0 Å². The number of para-hydroxylation sites is 1. The minimum absolute atomic E-state index is 0.0819. The van der Waals surface area contributed by atoms with Crippen LogP contribution in [0.25, 0.3) is 0 Å². The summed E-state index contributed by atoms with van der Waals surface area (Å²) in [4.78, 5) is 11.8. The van der Waals surface area contributed by atoms with Crippen LogP contribution in [0, 0.1) is 6.92 Å². The Labute approximate surface area is 95.0 Å². The average molecular weight is 220 g/mol. The minimum Gasteiger partial charge on any atom is -0.366 e. The van der Waals surface area contributed by atoms with E-state index < -0.39 is 0 Å². The van der Waals surface area contributed by atoms with Crippen molar-refractivity contribution < 1.29 is 9.53 Å². The van der Waals surface area contributed by atoms with Crippen LogP contribution in [0.5, 0.6) is 0 Å². The van der Waals surface area contributed by atoms with Gasteiger partial charge in [-0.3, -0.25) is 4.79 Å². The largest absolute Gasteiger partial charge is 0.366 e. The predicted octanol–water partition coefficient (Wildman–Crippen LogP) is 0.922. The molecule has 1 heterocycles. The molecule has 2 rings (SSSR count). The summed E-state index contributed by atoms with van der Waals surface area (Å²) in [5.41, 5.74) is 1.90. The molecule has 2 N–H and O–H groups in total. The van der Waals surface area contributed by atoms with Crippen LogP contribution in [-0.4, -0.2) is 31.7 Å². The maximum Gasteiger partial charge on any atom is 0.254 e. The molecule has 1 aromatic rings. The van der Waals surface area contributed by atoms with Crippen molar-refractivity contribution in [1.82, 2.24) is 5.32 Å². The van der Waals surface area contributed by atoms with Gasteiger partial charge in [0.15, 0.2) is 0 Å². The lowest BCUT2D eigenvalue weighted by Crippen LogP contribution is -2.45. The van der Waals surface area contributed by atoms with E-state index in [1.54, 1.807) is 0 Å². The van der Waals surface area contributed by atoms with E-state index in [0.717, 1.165) is 17.8 Å². The number of carbonyl (C=O) groups is 1. The smallest absolute Gasteiger partial charge is 0.254 e. The van der Waals surface area contributed by atoms with Crippen molar-refractivity contribution in [3.8, 4) is 0 Å². The lowest BCUT2D eigenvalue weighted by atomic mass is 10.2. The highest BCUT2D eigenvalue weighted by Crippen LogP contribution is 2.13. The minimum atomic E-state index is -0.381. The fraction of sp³-hybridized carbons (Fsp3) is 0.417. The van der Waals surface area contributed by atoms with Gasteiger partial charge in [0.25, 0.3) is 5.91 Å². The van der Waals surface area contributed by atoms with Crippen molar-refractivity contribution in [2.45, 2.75) is 13.0 Å². The second-order valence-corrected chi connectivity index (χ2v) is 3.87. The van der Waals surface area contributed by atoms with E-state index in [1.807, 2.05) is 31.2 Å². The Morgan fingerprint density at radius 1 is 1.50 bits per heavy atom. The first kappa shape index (κ1) is 11.1. The molecule has 0 spiro atoms. The zero-order chi connectivity index (χ0) is 11.4. The van der Waals surface area contributed by atoms with E-state index in [2.05, 4.69) is 10.6 Å². The van der Waals surface area contributed by atoms with Gasteiger partial charge in [-0.25, -0.2) is 0 Å². The second-order valence-electron chi connectivity index (χ2n) is 3.87. The number of hydrogen-bond acceptors (Lipinski definition) is 3. The molecule has 86 valence electrons. The van der Waals surface area contributed by atoms with Gasteiger partial charge in [-0.05, 0) is 18.6 Å². The first-order valence-corrected chi connectivity index (χ1v) is 5.46. The van der Waals surface area contributed by atoms with Crippen molar-refractivity contribution in [3.63, 3.8) is 0 Å². The molecular weight excluding hydrogens is 204 g/mol. The van der Waals surface area contributed by atoms with Crippen LogP contribution in [0.1, 0.15) is 5.56 Å². The molecule has 1 saturated heterocycles. The highest BCUT2D eigenvalue weighted by atomic mass is 16.5. The molecule has 1 aliphatic heterocycles. The monoisotopic (exact) mass is 220 g/mol. The summed E-state index contributed by atoms with van der Waals surface area (Å²) < 4.78 is 5.38. The number of benzene rings is 1. The number of carbonyl (C=O) groups excluding carboxylic acids is 1. The normalized spacial score (nSPS) is 20.4. The zero-order valence-corrected chi connectivity index (χ0v) is 9.32. The van der Waals surface area contributed by atoms with E-state index in [1.165, 1.54) is 0 Å². The summed E-state index contributed by atoms with van der Waals surface area (Å²) in [5, 5.41) is 6.01. The van der Waals surface area contributed by atoms with Crippen LogP contribution in [0.3, 0.4) is 0 Å². The number of hydrogen-bond donors (Lipinski definition) is 2. The average Bonchev–Trinajstić information content (AvgIpc) is 2.33. The molecule has 0 aliphatic carbocycles. The van der Waals surface area contributed by atoms with Gasteiger partial charge in [-0.2, -0.15) is 0 Å². The third-order valence-corrected chi connectivity index (χ3v) is 2.62. The topological polar surface area (TPSA) is 50.4 Å². The maximum absolute atomic E-state index is 11.8. The Balaban J connectivity index is 1.99. The summed E-state index contributed by atoms with van der Waals surface area (Å²) in [6.07, 6.45) is -0.381. The van der Waals surface area contributed by atoms with Gasteiger partial charge in [-0.15, -0.1) is 0 Å². The SMILES string of the molecule is Cc1ccccc1NC(=O)C1CNCCO1. The van der Waals surface area contributed by atoms with E-state index in [0.29, 0.717) is 13.2 Å². The Morgan fingerprint density at radius 2 is 2.31 bits per heavy atom. The van der Waals surface area contributed by atoms with E-state index in [9.17, 15) is 4.79 Å². The molecule has 1 amide bonds. The molecule has 1 aromatic carbocycles. The molecule has 0 aromatic heterocycles. The molecule has 0 saturated carbocycles. The molecule has 4 heteroatoms. The highest BCUT2D eigenvalue weighted by molar-refractivity contribution is 5.95. The van der Waals surface area contributed by atoms with Crippen LogP contribution < -0.4 is 10.6 Å². The van der Waals surface area contributed by atoms with Gasteiger partial charge in [0.05, 0.1) is 6.61 Å². The quantitative estimate of drug-likeness (QED) is 0.779. The molecule has 1 aliphatic rings. The van der Waals surface area contributed by atoms with Gasteiger partial charge in [0.1, 0.15) is 6.10 Å². The first-order valence-electron chi connectivity index (χ1n) is 5.46. The Kier molecular flexibility index (Phi) is 3.54. The lowest BCUT2D eigenvalue weighted by molar-refractivity contribution is -0.128. The molecule has 4 nitrogen and oxygen atoms in total. The van der Waals surface area contributed by atoms with E-state index in [-0.39, 0.29) is 12.0 Å². The fourth-order valence-electron chi connectivity index (χ4n) is 1.66. The van der Waals surface area contributed by atoms with Gasteiger partial charge >= 0.3 is 0 Å². The Hall–Kier alpha value is -1.39. The summed E-state index contributed by atoms with van der Waals surface area (Å²) in [5.74, 6) is -0.0819. The lowest BCUT2D eigenvalue weighted by Gasteiger charge is -2.23. The number of morpholine rings is 1. The molecular formula is C12H16N2O2. The number of amides is 1. The predicted molar refractivity (Wildman–Crippen MR) is 62.4 cm³/mol. The third-order valence-electron chi connectivity index (χ3n) is 2.62. The molecule has 16 heavy (non-hydrogen) atoms. The highest BCUT2D eigenvalue weighted by Gasteiger charge is 2.21. The Bertz CT molecular complexity index is 373. The maximum atomic E-state index is 11.8. The number of rotatable bonds is 2. The molecule has 1 fully saturated rings. The molecule has 1 unspecified atom stereocenters. The number of anilines is 1. The Morgan fingerprint density at radius 3 is 3.00 bits per heavy atom. The molecule has 0 radical (unpaired) electrons. The summed E-state index contributed by atoms with van der Waals surface area (Å²) >= 11 is 0. The van der Waals surface area contributed by atoms with Crippen LogP contribution in [0.4, 0.5) is 5.69 Å². The summed E-state index contributed by atoms with van der Waals surface area (Å²) in [6, 6.07) is 7.71. The van der Waals surface area contributed by atoms with Crippen molar-refractivity contribution in [2.24, 2.45) is 0 Å². The number of nitrogens with one attached hydrogen (secondary N) is 2. The van der Waals surface area contributed by atoms with Crippen molar-refractivity contribution in [3.05, 3.63) is 29.8 Å². The second kappa shape index (κ2) is 5.09. The van der Waals surface area contributed by atoms with Gasteiger partial charge < -0.3 is 15.4 Å². The standard InChI is InChI=1S/C12H16N2O2/c1-9-4-2-3-5-10(9)14-12(15)11-8-13-6-7-16-11/h2-5,11,13H,6-8H2,1H3,(H,14,15). The first-order chi connectivity index (χ1) is 7.77. The fourth-order valence-corrected chi connectivity index (χ4v) is 1.66. The summed E-state index contributed by atoms with van der Waals surface area (Å²) in [6.45, 7) is 3.95. The van der Waals surface area contributed by atoms with E-state index in [4.69, 9.17) is 4.74 Å². The van der Waals surface area contributed by atoms with Crippen LogP contribution >= 0.6 is 0 Å². The zero-order valence-electron chi connectivity index (χ0n) is 9.32.